The molecule has 7 nitrogen and oxygen atoms in total. The Morgan fingerprint density at radius 2 is 1.68 bits per heavy atom. The summed E-state index contributed by atoms with van der Waals surface area (Å²) in [6.07, 6.45) is 1.99. The van der Waals surface area contributed by atoms with Crippen LogP contribution in [-0.4, -0.2) is 30.7 Å². The number of hydrogen-bond acceptors (Lipinski definition) is 5. The minimum atomic E-state index is -0.751. The van der Waals surface area contributed by atoms with Gasteiger partial charge in [0.05, 0.1) is 12.8 Å². The van der Waals surface area contributed by atoms with E-state index in [9.17, 15) is 9.59 Å². The molecule has 0 aromatic heterocycles. The van der Waals surface area contributed by atoms with Gasteiger partial charge in [-0.1, -0.05) is 67.9 Å². The number of nitrogens with one attached hydrogen (secondary N) is 2. The van der Waals surface area contributed by atoms with Crippen LogP contribution in [0.2, 0.25) is 5.02 Å². The average molecular weight is 572 g/mol. The van der Waals surface area contributed by atoms with E-state index in [0.717, 1.165) is 21.9 Å². The van der Waals surface area contributed by atoms with Crippen molar-refractivity contribution in [3.05, 3.63) is 107 Å². The third kappa shape index (κ3) is 8.32. The number of carbonyl (C=O) groups is 2. The molecule has 1 atom stereocenters. The highest BCUT2D eigenvalue weighted by molar-refractivity contribution is 6.30. The lowest BCUT2D eigenvalue weighted by atomic mass is 10.0. The Morgan fingerprint density at radius 1 is 0.927 bits per heavy atom. The fraction of sp³-hybridized carbons (Fsp3) is 0.242. The van der Waals surface area contributed by atoms with Crippen molar-refractivity contribution in [2.75, 3.05) is 6.61 Å². The second-order valence-electron chi connectivity index (χ2n) is 9.96. The maximum Gasteiger partial charge on any atom is 0.262 e. The van der Waals surface area contributed by atoms with E-state index in [1.807, 2.05) is 57.2 Å². The van der Waals surface area contributed by atoms with Crippen molar-refractivity contribution < 1.29 is 19.1 Å². The molecule has 2 amide bonds. The molecule has 4 rings (SSSR count). The normalized spacial score (nSPS) is 11.9. The fourth-order valence-corrected chi connectivity index (χ4v) is 4.49. The lowest BCUT2D eigenvalue weighted by Gasteiger charge is -2.19. The van der Waals surface area contributed by atoms with Crippen LogP contribution < -0.4 is 20.2 Å². The summed E-state index contributed by atoms with van der Waals surface area (Å²) in [5.74, 6) is 0.610. The number of amides is 2. The minimum absolute atomic E-state index is 0.176. The first-order valence-electron chi connectivity index (χ1n) is 13.6. The Kier molecular flexibility index (Phi) is 10.3. The number of benzene rings is 4. The van der Waals surface area contributed by atoms with Crippen LogP contribution in [-0.2, 0) is 11.4 Å². The zero-order valence-electron chi connectivity index (χ0n) is 23.4. The van der Waals surface area contributed by atoms with E-state index >= 15 is 0 Å². The van der Waals surface area contributed by atoms with Crippen LogP contribution in [0.3, 0.4) is 0 Å². The maximum atomic E-state index is 12.9. The van der Waals surface area contributed by atoms with E-state index in [4.69, 9.17) is 21.1 Å². The number of hydrazone groups is 1. The van der Waals surface area contributed by atoms with Crippen molar-refractivity contribution in [3.63, 3.8) is 0 Å². The van der Waals surface area contributed by atoms with Gasteiger partial charge in [0.15, 0.2) is 11.5 Å². The summed E-state index contributed by atoms with van der Waals surface area (Å²) in [5, 5.41) is 9.77. The number of nitrogens with zero attached hydrogens (tertiary/aromatic N) is 1. The molecule has 1 unspecified atom stereocenters. The van der Waals surface area contributed by atoms with E-state index < -0.39 is 11.9 Å². The van der Waals surface area contributed by atoms with Crippen LogP contribution in [0.25, 0.3) is 10.8 Å². The third-order valence-electron chi connectivity index (χ3n) is 6.35. The number of fused-ring (bicyclic) bond motifs is 1. The number of ether oxygens (including phenoxy) is 2. The zero-order chi connectivity index (χ0) is 29.2. The van der Waals surface area contributed by atoms with E-state index in [1.165, 1.54) is 6.21 Å². The number of hydrogen-bond donors (Lipinski definition) is 2. The van der Waals surface area contributed by atoms with Crippen LogP contribution in [0.5, 0.6) is 11.5 Å². The highest BCUT2D eigenvalue weighted by Gasteiger charge is 2.22. The second kappa shape index (κ2) is 14.3. The molecular formula is C33H34ClN3O4. The summed E-state index contributed by atoms with van der Waals surface area (Å²) in [4.78, 5) is 25.6. The van der Waals surface area contributed by atoms with Crippen LogP contribution >= 0.6 is 11.6 Å². The molecule has 0 bridgehead atoms. The summed E-state index contributed by atoms with van der Waals surface area (Å²) in [5.41, 5.74) is 4.78. The Labute approximate surface area is 245 Å². The van der Waals surface area contributed by atoms with Gasteiger partial charge in [-0.25, -0.2) is 5.43 Å². The lowest BCUT2D eigenvalue weighted by Crippen LogP contribution is -2.46. The molecule has 0 fully saturated rings. The van der Waals surface area contributed by atoms with Gasteiger partial charge < -0.3 is 14.8 Å². The Bertz CT molecular complexity index is 1510. The molecule has 0 spiro atoms. The molecule has 41 heavy (non-hydrogen) atoms. The maximum absolute atomic E-state index is 12.9. The zero-order valence-corrected chi connectivity index (χ0v) is 24.2. The molecule has 0 heterocycles. The largest absolute Gasteiger partial charge is 0.490 e. The van der Waals surface area contributed by atoms with Crippen molar-refractivity contribution in [3.8, 4) is 11.5 Å². The molecule has 8 heteroatoms. The molecule has 2 N–H and O–H groups in total. The topological polar surface area (TPSA) is 89.0 Å². The van der Waals surface area contributed by atoms with Crippen LogP contribution in [0.1, 0.15) is 48.7 Å². The van der Waals surface area contributed by atoms with Gasteiger partial charge in [0.2, 0.25) is 0 Å². The smallest absolute Gasteiger partial charge is 0.262 e. The predicted octanol–water partition coefficient (Wildman–Crippen LogP) is 6.77. The first-order chi connectivity index (χ1) is 19.8. The fourth-order valence-electron chi connectivity index (χ4n) is 4.36. The van der Waals surface area contributed by atoms with Gasteiger partial charge in [0.25, 0.3) is 11.8 Å². The van der Waals surface area contributed by atoms with Gasteiger partial charge in [-0.3, -0.25) is 9.59 Å². The molecule has 212 valence electrons. The summed E-state index contributed by atoms with van der Waals surface area (Å²) < 4.78 is 12.0. The summed E-state index contributed by atoms with van der Waals surface area (Å²) in [7, 11) is 0. The highest BCUT2D eigenvalue weighted by Crippen LogP contribution is 2.30. The molecule has 4 aromatic rings. The predicted molar refractivity (Wildman–Crippen MR) is 164 cm³/mol. The van der Waals surface area contributed by atoms with Crippen LogP contribution in [0, 0.1) is 5.92 Å². The minimum Gasteiger partial charge on any atom is -0.490 e. The standard InChI is InChI=1S/C33H34ClN3O4/c1-4-40-31-19-23(12-17-30(31)41-21-26-10-7-9-24-8-5-6-11-28(24)26)20-35-37-33(39)29(18-22(2)3)36-32(38)25-13-15-27(34)16-14-25/h5-17,19-20,22,29H,4,18,21H2,1-3H3,(H,36,38)(H,37,39)/b35-20+. The number of rotatable bonds is 12. The summed E-state index contributed by atoms with van der Waals surface area (Å²) >= 11 is 5.92. The van der Waals surface area contributed by atoms with Crippen molar-refractivity contribution in [2.45, 2.75) is 39.8 Å². The van der Waals surface area contributed by atoms with E-state index in [-0.39, 0.29) is 11.8 Å². The summed E-state index contributed by atoms with van der Waals surface area (Å²) in [6.45, 7) is 6.73. The number of halogens is 1. The SMILES string of the molecule is CCOc1cc(/C=N/NC(=O)C(CC(C)C)NC(=O)c2ccc(Cl)cc2)ccc1OCc1cccc2ccccc12. The molecule has 0 aliphatic carbocycles. The molecule has 0 aliphatic heterocycles. The quantitative estimate of drug-likeness (QED) is 0.145. The van der Waals surface area contributed by atoms with E-state index in [2.05, 4.69) is 40.1 Å². The molecular weight excluding hydrogens is 538 g/mol. The third-order valence-corrected chi connectivity index (χ3v) is 6.61. The molecule has 0 saturated heterocycles. The molecule has 0 saturated carbocycles. The Balaban J connectivity index is 1.41. The van der Waals surface area contributed by atoms with Crippen molar-refractivity contribution in [1.82, 2.24) is 10.7 Å². The van der Waals surface area contributed by atoms with E-state index in [1.54, 1.807) is 24.3 Å². The monoisotopic (exact) mass is 571 g/mol. The molecule has 0 radical (unpaired) electrons. The Hall–Kier alpha value is -4.36. The van der Waals surface area contributed by atoms with Crippen molar-refractivity contribution in [2.24, 2.45) is 11.0 Å². The first-order valence-corrected chi connectivity index (χ1v) is 14.0. The number of carbonyl (C=O) groups excluding carboxylic acids is 2. The van der Waals surface area contributed by atoms with E-state index in [0.29, 0.717) is 41.7 Å². The van der Waals surface area contributed by atoms with Gasteiger partial charge in [-0.05, 0) is 83.6 Å². The lowest BCUT2D eigenvalue weighted by molar-refractivity contribution is -0.123. The Morgan fingerprint density at radius 3 is 2.44 bits per heavy atom. The van der Waals surface area contributed by atoms with Gasteiger partial charge >= 0.3 is 0 Å². The van der Waals surface area contributed by atoms with Gasteiger partial charge in [-0.2, -0.15) is 5.10 Å². The second-order valence-corrected chi connectivity index (χ2v) is 10.4. The highest BCUT2D eigenvalue weighted by atomic mass is 35.5. The molecule has 0 aliphatic rings. The van der Waals surface area contributed by atoms with Crippen LogP contribution in [0.15, 0.2) is 90.0 Å². The van der Waals surface area contributed by atoms with Gasteiger partial charge in [0, 0.05) is 10.6 Å². The average Bonchev–Trinajstić information content (AvgIpc) is 2.96. The van der Waals surface area contributed by atoms with Gasteiger partial charge in [-0.15, -0.1) is 0 Å². The first kappa shape index (κ1) is 29.6. The van der Waals surface area contributed by atoms with Crippen molar-refractivity contribution >= 4 is 40.4 Å². The van der Waals surface area contributed by atoms with Crippen molar-refractivity contribution in [1.29, 1.82) is 0 Å². The van der Waals surface area contributed by atoms with Crippen LogP contribution in [0.4, 0.5) is 0 Å². The summed E-state index contributed by atoms with van der Waals surface area (Å²) in [6, 6.07) is 25.6. The van der Waals surface area contributed by atoms with Gasteiger partial charge in [0.1, 0.15) is 12.6 Å². The molecule has 4 aromatic carbocycles.